The Balaban J connectivity index is 1.68. The van der Waals surface area contributed by atoms with Crippen molar-refractivity contribution in [3.05, 3.63) is 84.5 Å². The molecule has 3 aromatic rings. The average molecular weight is 344 g/mol. The molecule has 0 bridgehead atoms. The highest BCUT2D eigenvalue weighted by atomic mass is 15.0. The molecule has 0 fully saturated rings. The Labute approximate surface area is 151 Å². The summed E-state index contributed by atoms with van der Waals surface area (Å²) >= 11 is 0. The summed E-state index contributed by atoms with van der Waals surface area (Å²) < 4.78 is 1.95. The lowest BCUT2D eigenvalue weighted by atomic mass is 9.82. The first-order valence-electron chi connectivity index (χ1n) is 8.41. The molecule has 0 radical (unpaired) electrons. The van der Waals surface area contributed by atoms with Crippen LogP contribution in [0.4, 0.5) is 0 Å². The normalized spacial score (nSPS) is 19.8. The predicted molar refractivity (Wildman–Crippen MR) is 101 cm³/mol. The molecule has 0 amide bonds. The van der Waals surface area contributed by atoms with E-state index in [9.17, 15) is 0 Å². The smallest absolute Gasteiger partial charge is 0.153 e. The average Bonchev–Trinajstić information content (AvgIpc) is 3.20. The van der Waals surface area contributed by atoms with Crippen LogP contribution >= 0.6 is 0 Å². The van der Waals surface area contributed by atoms with Crippen LogP contribution in [0.2, 0.25) is 0 Å². The summed E-state index contributed by atoms with van der Waals surface area (Å²) in [6.45, 7) is 1.99. The van der Waals surface area contributed by atoms with Crippen LogP contribution < -0.4 is 11.5 Å². The van der Waals surface area contributed by atoms with Crippen molar-refractivity contribution < 1.29 is 0 Å². The topological polar surface area (TPSA) is 95.6 Å². The molecule has 6 nitrogen and oxygen atoms in total. The van der Waals surface area contributed by atoms with Gasteiger partial charge in [-0.2, -0.15) is 0 Å². The van der Waals surface area contributed by atoms with Gasteiger partial charge in [-0.05, 0) is 36.8 Å². The Morgan fingerprint density at radius 2 is 1.88 bits per heavy atom. The summed E-state index contributed by atoms with van der Waals surface area (Å²) in [5, 5.41) is 0. The fraction of sp³-hybridized carbons (Fsp3) is 0.150. The highest BCUT2D eigenvalue weighted by Crippen LogP contribution is 2.33. The van der Waals surface area contributed by atoms with Crippen LogP contribution in [0, 0.1) is 0 Å². The van der Waals surface area contributed by atoms with E-state index in [1.165, 1.54) is 0 Å². The molecular weight excluding hydrogens is 324 g/mol. The summed E-state index contributed by atoms with van der Waals surface area (Å²) in [6.07, 6.45) is 11.5. The molecule has 2 aromatic heterocycles. The third-order valence-electron chi connectivity index (χ3n) is 4.75. The standard InChI is InChI=1S/C20H20N6/c1-14-2-5-16(21)12-20(14,22)19-24-9-8-18(25-19)15-3-6-17(7-4-15)26-11-10-23-13-26/h2-11,13H,12,21-22H2,1H3. The number of hydrogen-bond donors (Lipinski definition) is 2. The third-order valence-corrected chi connectivity index (χ3v) is 4.75. The van der Waals surface area contributed by atoms with Crippen molar-refractivity contribution in [2.75, 3.05) is 0 Å². The van der Waals surface area contributed by atoms with E-state index >= 15 is 0 Å². The lowest BCUT2D eigenvalue weighted by Crippen LogP contribution is -2.42. The van der Waals surface area contributed by atoms with Gasteiger partial charge in [-0.15, -0.1) is 0 Å². The molecule has 2 heterocycles. The molecular formula is C20H20N6. The van der Waals surface area contributed by atoms with Gasteiger partial charge < -0.3 is 16.0 Å². The van der Waals surface area contributed by atoms with E-state index < -0.39 is 5.54 Å². The number of allylic oxidation sites excluding steroid dienone is 2. The van der Waals surface area contributed by atoms with E-state index in [0.29, 0.717) is 12.2 Å². The van der Waals surface area contributed by atoms with E-state index in [0.717, 1.165) is 28.2 Å². The number of nitrogens with two attached hydrogens (primary N) is 2. The second-order valence-electron chi connectivity index (χ2n) is 6.52. The molecule has 4 N–H and O–H groups in total. The molecule has 130 valence electrons. The fourth-order valence-corrected chi connectivity index (χ4v) is 3.11. The van der Waals surface area contributed by atoms with E-state index in [-0.39, 0.29) is 0 Å². The van der Waals surface area contributed by atoms with Gasteiger partial charge in [0.05, 0.1) is 12.0 Å². The van der Waals surface area contributed by atoms with Gasteiger partial charge in [0.25, 0.3) is 0 Å². The zero-order chi connectivity index (χ0) is 18.1. The first-order valence-corrected chi connectivity index (χ1v) is 8.41. The Morgan fingerprint density at radius 1 is 1.08 bits per heavy atom. The lowest BCUT2D eigenvalue weighted by Gasteiger charge is -2.31. The first-order chi connectivity index (χ1) is 12.6. The van der Waals surface area contributed by atoms with Gasteiger partial charge in [-0.1, -0.05) is 18.2 Å². The zero-order valence-electron chi connectivity index (χ0n) is 14.5. The number of benzene rings is 1. The van der Waals surface area contributed by atoms with E-state index in [1.807, 2.05) is 60.2 Å². The van der Waals surface area contributed by atoms with Gasteiger partial charge in [0.2, 0.25) is 0 Å². The molecule has 0 saturated carbocycles. The van der Waals surface area contributed by atoms with Gasteiger partial charge in [-0.3, -0.25) is 0 Å². The van der Waals surface area contributed by atoms with Gasteiger partial charge in [0.15, 0.2) is 5.82 Å². The summed E-state index contributed by atoms with van der Waals surface area (Å²) in [4.78, 5) is 13.2. The Bertz CT molecular complexity index is 985. The minimum absolute atomic E-state index is 0.512. The minimum Gasteiger partial charge on any atom is -0.402 e. The molecule has 1 unspecified atom stereocenters. The highest BCUT2D eigenvalue weighted by Gasteiger charge is 2.35. The molecule has 1 aliphatic carbocycles. The van der Waals surface area contributed by atoms with Crippen molar-refractivity contribution in [1.29, 1.82) is 0 Å². The first kappa shape index (κ1) is 16.2. The van der Waals surface area contributed by atoms with Crippen molar-refractivity contribution in [3.8, 4) is 16.9 Å². The summed E-state index contributed by atoms with van der Waals surface area (Å²) in [7, 11) is 0. The van der Waals surface area contributed by atoms with Gasteiger partial charge in [0, 0.05) is 42.0 Å². The molecule has 26 heavy (non-hydrogen) atoms. The number of aromatic nitrogens is 4. The van der Waals surface area contributed by atoms with Crippen LogP contribution in [-0.4, -0.2) is 19.5 Å². The lowest BCUT2D eigenvalue weighted by molar-refractivity contribution is 0.478. The fourth-order valence-electron chi connectivity index (χ4n) is 3.11. The van der Waals surface area contributed by atoms with Crippen molar-refractivity contribution in [2.45, 2.75) is 18.9 Å². The minimum atomic E-state index is -0.772. The van der Waals surface area contributed by atoms with Crippen molar-refractivity contribution in [2.24, 2.45) is 11.5 Å². The Hall–Kier alpha value is -3.25. The van der Waals surface area contributed by atoms with E-state index in [4.69, 9.17) is 16.5 Å². The van der Waals surface area contributed by atoms with Crippen LogP contribution in [-0.2, 0) is 5.54 Å². The number of rotatable bonds is 3. The van der Waals surface area contributed by atoms with Crippen LogP contribution in [0.1, 0.15) is 19.2 Å². The largest absolute Gasteiger partial charge is 0.402 e. The maximum absolute atomic E-state index is 6.63. The number of hydrogen-bond acceptors (Lipinski definition) is 5. The second-order valence-corrected chi connectivity index (χ2v) is 6.52. The maximum atomic E-state index is 6.63. The number of nitrogens with zero attached hydrogens (tertiary/aromatic N) is 4. The van der Waals surface area contributed by atoms with Crippen LogP contribution in [0.15, 0.2) is 78.7 Å². The second kappa shape index (κ2) is 6.24. The van der Waals surface area contributed by atoms with Crippen molar-refractivity contribution in [3.63, 3.8) is 0 Å². The molecule has 0 spiro atoms. The molecule has 0 aliphatic heterocycles. The quantitative estimate of drug-likeness (QED) is 0.761. The molecule has 4 rings (SSSR count). The van der Waals surface area contributed by atoms with Crippen LogP contribution in [0.25, 0.3) is 16.9 Å². The summed E-state index contributed by atoms with van der Waals surface area (Å²) in [5.74, 6) is 0.582. The molecule has 1 aliphatic rings. The Morgan fingerprint density at radius 3 is 2.62 bits per heavy atom. The van der Waals surface area contributed by atoms with E-state index in [2.05, 4.69) is 9.97 Å². The highest BCUT2D eigenvalue weighted by molar-refractivity contribution is 5.60. The van der Waals surface area contributed by atoms with Crippen LogP contribution in [0.5, 0.6) is 0 Å². The van der Waals surface area contributed by atoms with Gasteiger partial charge in [-0.25, -0.2) is 15.0 Å². The molecule has 1 atom stereocenters. The maximum Gasteiger partial charge on any atom is 0.153 e. The molecule has 1 aromatic carbocycles. The molecule has 0 saturated heterocycles. The SMILES string of the molecule is CC1=CC=C(N)CC1(N)c1nccc(-c2ccc(-n3ccnc3)cc2)n1. The van der Waals surface area contributed by atoms with E-state index in [1.54, 1.807) is 18.7 Å². The summed E-state index contributed by atoms with van der Waals surface area (Å²) in [6, 6.07) is 10.0. The number of imidazole rings is 1. The van der Waals surface area contributed by atoms with Gasteiger partial charge >= 0.3 is 0 Å². The van der Waals surface area contributed by atoms with Crippen molar-refractivity contribution >= 4 is 0 Å². The Kier molecular flexibility index (Phi) is 3.89. The zero-order valence-corrected chi connectivity index (χ0v) is 14.5. The summed E-state index contributed by atoms with van der Waals surface area (Å²) in [5.41, 5.74) is 16.5. The van der Waals surface area contributed by atoms with Crippen LogP contribution in [0.3, 0.4) is 0 Å². The third kappa shape index (κ3) is 2.80. The predicted octanol–water partition coefficient (Wildman–Crippen LogP) is 2.68. The van der Waals surface area contributed by atoms with Gasteiger partial charge in [0.1, 0.15) is 5.54 Å². The monoisotopic (exact) mass is 344 g/mol. The molecule has 6 heteroatoms. The van der Waals surface area contributed by atoms with Crippen molar-refractivity contribution in [1.82, 2.24) is 19.5 Å².